The number of benzene rings is 1. The van der Waals surface area contributed by atoms with Crippen LogP contribution in [0.4, 0.5) is 11.4 Å². The fourth-order valence-electron chi connectivity index (χ4n) is 1.99. The molecule has 4 heteroatoms. The third kappa shape index (κ3) is 4.76. The zero-order valence-electron chi connectivity index (χ0n) is 13.2. The minimum Gasteiger partial charge on any atom is -0.397 e. The standard InChI is InChI=1S/C16H27N3O/c1-11(2)6-7-12(3)18-15-10-13(8-9-14(15)17)16(20)19(4)5/h8-12,18H,6-7,17H2,1-5H3. The maximum Gasteiger partial charge on any atom is 0.253 e. The van der Waals surface area contributed by atoms with Crippen LogP contribution in [-0.2, 0) is 0 Å². The molecule has 20 heavy (non-hydrogen) atoms. The Morgan fingerprint density at radius 3 is 2.45 bits per heavy atom. The van der Waals surface area contributed by atoms with E-state index in [9.17, 15) is 4.79 Å². The first-order valence-electron chi connectivity index (χ1n) is 7.19. The quantitative estimate of drug-likeness (QED) is 0.785. The first kappa shape index (κ1) is 16.3. The second kappa shape index (κ2) is 7.17. The number of hydrogen-bond acceptors (Lipinski definition) is 3. The summed E-state index contributed by atoms with van der Waals surface area (Å²) in [6.45, 7) is 6.58. The van der Waals surface area contributed by atoms with E-state index in [1.165, 1.54) is 6.42 Å². The lowest BCUT2D eigenvalue weighted by atomic mass is 10.0. The van der Waals surface area contributed by atoms with E-state index >= 15 is 0 Å². The van der Waals surface area contributed by atoms with Crippen molar-refractivity contribution in [2.45, 2.75) is 39.7 Å². The molecule has 112 valence electrons. The normalized spacial score (nSPS) is 12.3. The number of anilines is 2. The molecule has 0 spiro atoms. The molecule has 0 radical (unpaired) electrons. The third-order valence-electron chi connectivity index (χ3n) is 3.29. The molecule has 1 unspecified atom stereocenters. The Labute approximate surface area is 122 Å². The number of amides is 1. The Bertz CT molecular complexity index is 455. The molecule has 0 aliphatic rings. The molecule has 0 bridgehead atoms. The first-order valence-corrected chi connectivity index (χ1v) is 7.19. The molecule has 1 rings (SSSR count). The smallest absolute Gasteiger partial charge is 0.253 e. The number of nitrogens with one attached hydrogen (secondary N) is 1. The summed E-state index contributed by atoms with van der Waals surface area (Å²) < 4.78 is 0. The van der Waals surface area contributed by atoms with Crippen molar-refractivity contribution in [2.75, 3.05) is 25.1 Å². The summed E-state index contributed by atoms with van der Waals surface area (Å²) in [4.78, 5) is 13.5. The fraction of sp³-hybridized carbons (Fsp3) is 0.562. The zero-order valence-corrected chi connectivity index (χ0v) is 13.2. The van der Waals surface area contributed by atoms with Crippen molar-refractivity contribution in [3.05, 3.63) is 23.8 Å². The first-order chi connectivity index (χ1) is 9.31. The summed E-state index contributed by atoms with van der Waals surface area (Å²) in [7, 11) is 3.49. The van der Waals surface area contributed by atoms with Crippen LogP contribution in [0.3, 0.4) is 0 Å². The molecule has 0 fully saturated rings. The predicted molar refractivity (Wildman–Crippen MR) is 86.0 cm³/mol. The molecule has 0 aliphatic carbocycles. The van der Waals surface area contributed by atoms with E-state index in [-0.39, 0.29) is 5.91 Å². The van der Waals surface area contributed by atoms with Crippen molar-refractivity contribution in [2.24, 2.45) is 5.92 Å². The van der Waals surface area contributed by atoms with Gasteiger partial charge in [0.25, 0.3) is 5.91 Å². The molecule has 0 saturated heterocycles. The predicted octanol–water partition coefficient (Wildman–Crippen LogP) is 3.21. The molecule has 0 aliphatic heterocycles. The van der Waals surface area contributed by atoms with Crippen LogP contribution in [0.15, 0.2) is 18.2 Å². The number of carbonyl (C=O) groups is 1. The monoisotopic (exact) mass is 277 g/mol. The van der Waals surface area contributed by atoms with Gasteiger partial charge in [-0.05, 0) is 43.9 Å². The van der Waals surface area contributed by atoms with Crippen molar-refractivity contribution in [1.82, 2.24) is 4.90 Å². The van der Waals surface area contributed by atoms with Gasteiger partial charge in [-0.15, -0.1) is 0 Å². The second-order valence-corrected chi connectivity index (χ2v) is 6.02. The van der Waals surface area contributed by atoms with E-state index in [0.717, 1.165) is 12.1 Å². The van der Waals surface area contributed by atoms with E-state index < -0.39 is 0 Å². The Morgan fingerprint density at radius 1 is 1.25 bits per heavy atom. The maximum atomic E-state index is 12.0. The fourth-order valence-corrected chi connectivity index (χ4v) is 1.99. The van der Waals surface area contributed by atoms with Crippen LogP contribution >= 0.6 is 0 Å². The lowest BCUT2D eigenvalue weighted by Gasteiger charge is -2.19. The Hall–Kier alpha value is -1.71. The summed E-state index contributed by atoms with van der Waals surface area (Å²) >= 11 is 0. The van der Waals surface area contributed by atoms with E-state index in [2.05, 4.69) is 26.1 Å². The van der Waals surface area contributed by atoms with Gasteiger partial charge in [0.05, 0.1) is 11.4 Å². The van der Waals surface area contributed by atoms with Crippen molar-refractivity contribution in [1.29, 1.82) is 0 Å². The largest absolute Gasteiger partial charge is 0.397 e. The van der Waals surface area contributed by atoms with Crippen LogP contribution in [0.25, 0.3) is 0 Å². The van der Waals surface area contributed by atoms with Crippen LogP contribution in [0.2, 0.25) is 0 Å². The number of carbonyl (C=O) groups excluding carboxylic acids is 1. The second-order valence-electron chi connectivity index (χ2n) is 6.02. The van der Waals surface area contributed by atoms with Crippen LogP contribution in [-0.4, -0.2) is 30.9 Å². The average Bonchev–Trinajstić information content (AvgIpc) is 2.38. The molecule has 1 atom stereocenters. The minimum absolute atomic E-state index is 0.0112. The van der Waals surface area contributed by atoms with Gasteiger partial charge < -0.3 is 16.0 Å². The number of rotatable bonds is 6. The van der Waals surface area contributed by atoms with Crippen molar-refractivity contribution in [3.63, 3.8) is 0 Å². The number of nitrogens with zero attached hydrogens (tertiary/aromatic N) is 1. The van der Waals surface area contributed by atoms with Crippen LogP contribution in [0, 0.1) is 5.92 Å². The van der Waals surface area contributed by atoms with E-state index in [1.807, 2.05) is 6.07 Å². The highest BCUT2D eigenvalue weighted by Gasteiger charge is 2.12. The average molecular weight is 277 g/mol. The summed E-state index contributed by atoms with van der Waals surface area (Å²) in [5, 5.41) is 3.40. The van der Waals surface area contributed by atoms with Gasteiger partial charge in [0.1, 0.15) is 0 Å². The molecule has 3 N–H and O–H groups in total. The molecular formula is C16H27N3O. The zero-order chi connectivity index (χ0) is 15.3. The van der Waals surface area contributed by atoms with Gasteiger partial charge in [0, 0.05) is 25.7 Å². The van der Waals surface area contributed by atoms with Crippen LogP contribution < -0.4 is 11.1 Å². The van der Waals surface area contributed by atoms with E-state index in [4.69, 9.17) is 5.73 Å². The SMILES string of the molecule is CC(C)CCC(C)Nc1cc(C(=O)N(C)C)ccc1N. The van der Waals surface area contributed by atoms with Crippen LogP contribution in [0.1, 0.15) is 44.0 Å². The molecule has 4 nitrogen and oxygen atoms in total. The highest BCUT2D eigenvalue weighted by molar-refractivity contribution is 5.95. The Morgan fingerprint density at radius 2 is 1.90 bits per heavy atom. The van der Waals surface area contributed by atoms with Crippen molar-refractivity contribution in [3.8, 4) is 0 Å². The number of hydrogen-bond donors (Lipinski definition) is 2. The van der Waals surface area contributed by atoms with Crippen molar-refractivity contribution < 1.29 is 4.79 Å². The highest BCUT2D eigenvalue weighted by atomic mass is 16.2. The number of nitrogens with two attached hydrogens (primary N) is 1. The molecule has 1 amide bonds. The van der Waals surface area contributed by atoms with E-state index in [0.29, 0.717) is 23.2 Å². The van der Waals surface area contributed by atoms with Crippen molar-refractivity contribution >= 4 is 17.3 Å². The molecule has 0 heterocycles. The van der Waals surface area contributed by atoms with Gasteiger partial charge in [0.2, 0.25) is 0 Å². The summed E-state index contributed by atoms with van der Waals surface area (Å²) in [5.41, 5.74) is 8.16. The van der Waals surface area contributed by atoms with Gasteiger partial charge in [0.15, 0.2) is 0 Å². The lowest BCUT2D eigenvalue weighted by molar-refractivity contribution is 0.0827. The third-order valence-corrected chi connectivity index (χ3v) is 3.29. The summed E-state index contributed by atoms with van der Waals surface area (Å²) in [6, 6.07) is 5.73. The maximum absolute atomic E-state index is 12.0. The lowest BCUT2D eigenvalue weighted by Crippen LogP contribution is -2.22. The molecule has 0 aromatic heterocycles. The van der Waals surface area contributed by atoms with Gasteiger partial charge >= 0.3 is 0 Å². The highest BCUT2D eigenvalue weighted by Crippen LogP contribution is 2.22. The molecule has 0 saturated carbocycles. The topological polar surface area (TPSA) is 58.4 Å². The Balaban J connectivity index is 2.79. The van der Waals surface area contributed by atoms with Gasteiger partial charge in [-0.1, -0.05) is 13.8 Å². The minimum atomic E-state index is -0.0112. The molecular weight excluding hydrogens is 250 g/mol. The summed E-state index contributed by atoms with van der Waals surface area (Å²) in [6.07, 6.45) is 2.26. The van der Waals surface area contributed by atoms with Gasteiger partial charge in [-0.3, -0.25) is 4.79 Å². The van der Waals surface area contributed by atoms with Gasteiger partial charge in [-0.2, -0.15) is 0 Å². The summed E-state index contributed by atoms with van der Waals surface area (Å²) in [5.74, 6) is 0.682. The Kier molecular flexibility index (Phi) is 5.86. The van der Waals surface area contributed by atoms with Crippen LogP contribution in [0.5, 0.6) is 0 Å². The molecule has 1 aromatic carbocycles. The van der Waals surface area contributed by atoms with Gasteiger partial charge in [-0.25, -0.2) is 0 Å². The van der Waals surface area contributed by atoms with E-state index in [1.54, 1.807) is 31.1 Å². The molecule has 1 aromatic rings. The number of nitrogen functional groups attached to an aromatic ring is 1.